The second-order valence-corrected chi connectivity index (χ2v) is 4.36. The molecule has 2 N–H and O–H groups in total. The summed E-state index contributed by atoms with van der Waals surface area (Å²) in [6.45, 7) is 3.03. The van der Waals surface area contributed by atoms with Crippen molar-refractivity contribution in [3.05, 3.63) is 23.9 Å². The molecule has 1 aromatic rings. The fourth-order valence-corrected chi connectivity index (χ4v) is 1.89. The molecular formula is C13H18N2O4. The number of amides is 1. The molecule has 104 valence electrons. The number of aliphatic hydroxyl groups is 1. The highest BCUT2D eigenvalue weighted by molar-refractivity contribution is 5.78. The van der Waals surface area contributed by atoms with E-state index in [9.17, 15) is 9.90 Å². The average Bonchev–Trinajstić information content (AvgIpc) is 2.76. The molecule has 0 bridgehead atoms. The summed E-state index contributed by atoms with van der Waals surface area (Å²) in [5.41, 5.74) is 0.636. The molecule has 2 heterocycles. The van der Waals surface area contributed by atoms with Crippen LogP contribution < -0.4 is 10.1 Å². The largest absolute Gasteiger partial charge is 0.478 e. The van der Waals surface area contributed by atoms with Crippen molar-refractivity contribution in [1.29, 1.82) is 0 Å². The van der Waals surface area contributed by atoms with Crippen molar-refractivity contribution in [2.45, 2.75) is 25.5 Å². The molecule has 2 rings (SSSR count). The van der Waals surface area contributed by atoms with Gasteiger partial charge in [-0.05, 0) is 13.0 Å². The van der Waals surface area contributed by atoms with Gasteiger partial charge in [0.15, 0.2) is 0 Å². The summed E-state index contributed by atoms with van der Waals surface area (Å²) in [5, 5.41) is 12.3. The van der Waals surface area contributed by atoms with Gasteiger partial charge in [-0.3, -0.25) is 4.79 Å². The molecule has 0 spiro atoms. The molecule has 19 heavy (non-hydrogen) atoms. The lowest BCUT2D eigenvalue weighted by molar-refractivity contribution is -0.121. The summed E-state index contributed by atoms with van der Waals surface area (Å²) in [6, 6.07) is 4.99. The normalized spacial score (nSPS) is 22.2. The summed E-state index contributed by atoms with van der Waals surface area (Å²) < 4.78 is 10.3. The molecule has 1 saturated heterocycles. The number of nitrogens with zero attached hydrogens (tertiary/aromatic N) is 1. The van der Waals surface area contributed by atoms with Crippen LogP contribution in [0.25, 0.3) is 0 Å². The lowest BCUT2D eigenvalue weighted by Crippen LogP contribution is -2.43. The van der Waals surface area contributed by atoms with Gasteiger partial charge in [0, 0.05) is 6.07 Å². The Labute approximate surface area is 111 Å². The monoisotopic (exact) mass is 266 g/mol. The molecule has 1 aliphatic heterocycles. The van der Waals surface area contributed by atoms with Crippen LogP contribution in [0.1, 0.15) is 12.6 Å². The van der Waals surface area contributed by atoms with E-state index in [1.807, 2.05) is 6.92 Å². The second kappa shape index (κ2) is 6.49. The summed E-state index contributed by atoms with van der Waals surface area (Å²) in [6.07, 6.45) is -0.476. The Morgan fingerprint density at radius 1 is 1.58 bits per heavy atom. The minimum atomic E-state index is -0.633. The summed E-state index contributed by atoms with van der Waals surface area (Å²) in [7, 11) is 0. The van der Waals surface area contributed by atoms with E-state index in [2.05, 4.69) is 10.3 Å². The van der Waals surface area contributed by atoms with E-state index in [0.717, 1.165) is 0 Å². The lowest BCUT2D eigenvalue weighted by atomic mass is 10.2. The molecule has 6 heteroatoms. The third kappa shape index (κ3) is 3.90. The number of pyridine rings is 1. The molecule has 1 aromatic heterocycles. The van der Waals surface area contributed by atoms with Crippen LogP contribution in [0.4, 0.5) is 0 Å². The predicted octanol–water partition coefficient (Wildman–Crippen LogP) is -0.101. The van der Waals surface area contributed by atoms with Crippen molar-refractivity contribution >= 4 is 5.91 Å². The standard InChI is InChI=1S/C13H18N2O4/c1-2-19-13-5-3-4-9(14-13)6-12(17)15-10-7-18-8-11(10)16/h3-5,10-11,16H,2,6-8H2,1H3,(H,15,17)/t10-,11-/m1/s1. The van der Waals surface area contributed by atoms with Gasteiger partial charge in [0.05, 0.1) is 44.1 Å². The van der Waals surface area contributed by atoms with Crippen molar-refractivity contribution in [2.24, 2.45) is 0 Å². The van der Waals surface area contributed by atoms with Gasteiger partial charge in [-0.2, -0.15) is 0 Å². The third-order valence-corrected chi connectivity index (χ3v) is 2.81. The van der Waals surface area contributed by atoms with Crippen molar-refractivity contribution < 1.29 is 19.4 Å². The van der Waals surface area contributed by atoms with Crippen molar-refractivity contribution in [2.75, 3.05) is 19.8 Å². The Morgan fingerprint density at radius 2 is 2.42 bits per heavy atom. The van der Waals surface area contributed by atoms with Crippen LogP contribution in [0.15, 0.2) is 18.2 Å². The Kier molecular flexibility index (Phi) is 4.70. The summed E-state index contributed by atoms with van der Waals surface area (Å²) >= 11 is 0. The lowest BCUT2D eigenvalue weighted by Gasteiger charge is -2.14. The Balaban J connectivity index is 1.89. The van der Waals surface area contributed by atoms with Gasteiger partial charge in [-0.25, -0.2) is 4.98 Å². The van der Waals surface area contributed by atoms with Gasteiger partial charge in [0.1, 0.15) is 0 Å². The number of rotatable bonds is 5. The van der Waals surface area contributed by atoms with Crippen molar-refractivity contribution in [1.82, 2.24) is 10.3 Å². The quantitative estimate of drug-likeness (QED) is 0.778. The number of nitrogens with one attached hydrogen (secondary N) is 1. The zero-order chi connectivity index (χ0) is 13.7. The van der Waals surface area contributed by atoms with Crippen LogP contribution in [0.2, 0.25) is 0 Å². The molecular weight excluding hydrogens is 248 g/mol. The Morgan fingerprint density at radius 3 is 3.11 bits per heavy atom. The molecule has 0 aromatic carbocycles. The maximum atomic E-state index is 11.8. The second-order valence-electron chi connectivity index (χ2n) is 4.36. The van der Waals surface area contributed by atoms with Crippen molar-refractivity contribution in [3.63, 3.8) is 0 Å². The topological polar surface area (TPSA) is 80.7 Å². The highest BCUT2D eigenvalue weighted by atomic mass is 16.5. The molecule has 1 amide bonds. The van der Waals surface area contributed by atoms with Crippen molar-refractivity contribution in [3.8, 4) is 5.88 Å². The number of aromatic nitrogens is 1. The number of aliphatic hydroxyl groups excluding tert-OH is 1. The van der Waals surface area contributed by atoms with Crippen LogP contribution in [-0.2, 0) is 16.0 Å². The minimum Gasteiger partial charge on any atom is -0.478 e. The van der Waals surface area contributed by atoms with E-state index in [-0.39, 0.29) is 25.0 Å². The predicted molar refractivity (Wildman–Crippen MR) is 67.9 cm³/mol. The Hall–Kier alpha value is -1.66. The van der Waals surface area contributed by atoms with Crippen LogP contribution >= 0.6 is 0 Å². The first-order chi connectivity index (χ1) is 9.19. The number of carbonyl (C=O) groups is 1. The zero-order valence-corrected chi connectivity index (χ0v) is 10.8. The number of hydrogen-bond acceptors (Lipinski definition) is 5. The number of carbonyl (C=O) groups excluding carboxylic acids is 1. The highest BCUT2D eigenvalue weighted by Crippen LogP contribution is 2.09. The zero-order valence-electron chi connectivity index (χ0n) is 10.8. The molecule has 0 saturated carbocycles. The van der Waals surface area contributed by atoms with Crippen LogP contribution in [0.3, 0.4) is 0 Å². The van der Waals surface area contributed by atoms with Crippen LogP contribution in [-0.4, -0.2) is 48.0 Å². The fourth-order valence-electron chi connectivity index (χ4n) is 1.89. The molecule has 1 fully saturated rings. The van der Waals surface area contributed by atoms with Gasteiger partial charge in [-0.15, -0.1) is 0 Å². The molecule has 2 atom stereocenters. The average molecular weight is 266 g/mol. The van der Waals surface area contributed by atoms with Gasteiger partial charge < -0.3 is 19.9 Å². The number of ether oxygens (including phenoxy) is 2. The van der Waals surface area contributed by atoms with E-state index in [0.29, 0.717) is 24.8 Å². The van der Waals surface area contributed by atoms with E-state index in [4.69, 9.17) is 9.47 Å². The smallest absolute Gasteiger partial charge is 0.226 e. The van der Waals surface area contributed by atoms with E-state index in [1.165, 1.54) is 0 Å². The summed E-state index contributed by atoms with van der Waals surface area (Å²) in [4.78, 5) is 16.0. The van der Waals surface area contributed by atoms with Gasteiger partial charge in [0.25, 0.3) is 0 Å². The Bertz CT molecular complexity index is 438. The molecule has 0 aliphatic carbocycles. The fraction of sp³-hybridized carbons (Fsp3) is 0.538. The van der Waals surface area contributed by atoms with E-state index < -0.39 is 6.10 Å². The number of hydrogen-bond donors (Lipinski definition) is 2. The first kappa shape index (κ1) is 13.8. The first-order valence-corrected chi connectivity index (χ1v) is 6.33. The first-order valence-electron chi connectivity index (χ1n) is 6.33. The van der Waals surface area contributed by atoms with Gasteiger partial charge in [-0.1, -0.05) is 6.07 Å². The van der Waals surface area contributed by atoms with E-state index >= 15 is 0 Å². The third-order valence-electron chi connectivity index (χ3n) is 2.81. The van der Waals surface area contributed by atoms with Crippen LogP contribution in [0.5, 0.6) is 5.88 Å². The van der Waals surface area contributed by atoms with Gasteiger partial charge >= 0.3 is 0 Å². The molecule has 0 radical (unpaired) electrons. The maximum absolute atomic E-state index is 11.8. The highest BCUT2D eigenvalue weighted by Gasteiger charge is 2.27. The summed E-state index contributed by atoms with van der Waals surface area (Å²) in [5.74, 6) is 0.327. The SMILES string of the molecule is CCOc1cccc(CC(=O)N[C@@H]2COC[C@H]2O)n1. The maximum Gasteiger partial charge on any atom is 0.226 e. The van der Waals surface area contributed by atoms with E-state index in [1.54, 1.807) is 18.2 Å². The minimum absolute atomic E-state index is 0.157. The molecule has 1 aliphatic rings. The van der Waals surface area contributed by atoms with Gasteiger partial charge in [0.2, 0.25) is 11.8 Å². The molecule has 0 unspecified atom stereocenters. The van der Waals surface area contributed by atoms with Crippen LogP contribution in [0, 0.1) is 0 Å². The molecule has 6 nitrogen and oxygen atoms in total.